The lowest BCUT2D eigenvalue weighted by Gasteiger charge is -2.19. The summed E-state index contributed by atoms with van der Waals surface area (Å²) >= 11 is 3.91. The van der Waals surface area contributed by atoms with Crippen molar-refractivity contribution in [2.24, 2.45) is 0 Å². The molecule has 0 aliphatic rings. The van der Waals surface area contributed by atoms with Crippen LogP contribution in [0, 0.1) is 0 Å². The first-order chi connectivity index (χ1) is 5.08. The average molecular weight is 169 g/mol. The van der Waals surface area contributed by atoms with E-state index in [-0.39, 0.29) is 0 Å². The van der Waals surface area contributed by atoms with Crippen molar-refractivity contribution in [1.29, 1.82) is 0 Å². The molecule has 0 aliphatic heterocycles. The molecule has 1 atom stereocenters. The number of benzene rings is 1. The summed E-state index contributed by atoms with van der Waals surface area (Å²) in [7, 11) is 0. The van der Waals surface area contributed by atoms with Crippen LogP contribution in [0.5, 0.6) is 0 Å². The SMILES string of the molecule is CC(O)(S)Nc1ccccc1. The molecule has 0 bridgehead atoms. The molecule has 0 radical (unpaired) electrons. The van der Waals surface area contributed by atoms with E-state index in [2.05, 4.69) is 17.9 Å². The Bertz CT molecular complexity index is 217. The maximum absolute atomic E-state index is 9.22. The Hall–Kier alpha value is -0.670. The van der Waals surface area contributed by atoms with E-state index in [1.54, 1.807) is 6.92 Å². The van der Waals surface area contributed by atoms with Gasteiger partial charge in [0.1, 0.15) is 0 Å². The standard InChI is InChI=1S/C8H11NOS/c1-8(10,11)9-7-5-3-2-4-6-7/h2-6,9-11H,1H3. The Morgan fingerprint density at radius 2 is 1.91 bits per heavy atom. The third-order valence-corrected chi connectivity index (χ3v) is 1.27. The summed E-state index contributed by atoms with van der Waals surface area (Å²) in [5.41, 5.74) is 0.854. The highest BCUT2D eigenvalue weighted by molar-refractivity contribution is 7.81. The van der Waals surface area contributed by atoms with Crippen LogP contribution < -0.4 is 5.32 Å². The van der Waals surface area contributed by atoms with Gasteiger partial charge < -0.3 is 10.4 Å². The Kier molecular flexibility index (Phi) is 2.42. The predicted octanol–water partition coefficient (Wildman–Crippen LogP) is 1.69. The third kappa shape index (κ3) is 3.30. The van der Waals surface area contributed by atoms with Crippen LogP contribution in [0.4, 0.5) is 5.69 Å². The first kappa shape index (κ1) is 8.43. The van der Waals surface area contributed by atoms with Crippen LogP contribution in [0.3, 0.4) is 0 Å². The van der Waals surface area contributed by atoms with Crippen molar-refractivity contribution in [3.63, 3.8) is 0 Å². The van der Waals surface area contributed by atoms with Crippen molar-refractivity contribution < 1.29 is 5.11 Å². The summed E-state index contributed by atoms with van der Waals surface area (Å²) in [6, 6.07) is 9.43. The minimum atomic E-state index is -1.15. The normalized spacial score (nSPS) is 15.5. The van der Waals surface area contributed by atoms with E-state index in [0.29, 0.717) is 0 Å². The highest BCUT2D eigenvalue weighted by Gasteiger charge is 2.11. The number of nitrogens with one attached hydrogen (secondary N) is 1. The van der Waals surface area contributed by atoms with Gasteiger partial charge in [-0.15, -0.1) is 12.6 Å². The second-order valence-corrected chi connectivity index (χ2v) is 3.38. The monoisotopic (exact) mass is 169 g/mol. The minimum absolute atomic E-state index is 0.854. The van der Waals surface area contributed by atoms with Crippen LogP contribution in [0.25, 0.3) is 0 Å². The predicted molar refractivity (Wildman–Crippen MR) is 49.7 cm³/mol. The molecule has 1 aromatic rings. The van der Waals surface area contributed by atoms with Crippen LogP contribution in [0.2, 0.25) is 0 Å². The number of para-hydroxylation sites is 1. The van der Waals surface area contributed by atoms with Crippen molar-refractivity contribution in [1.82, 2.24) is 0 Å². The van der Waals surface area contributed by atoms with Crippen molar-refractivity contribution in [3.8, 4) is 0 Å². The molecule has 0 saturated heterocycles. The van der Waals surface area contributed by atoms with Crippen LogP contribution >= 0.6 is 12.6 Å². The van der Waals surface area contributed by atoms with Gasteiger partial charge in [0.05, 0.1) is 0 Å². The smallest absolute Gasteiger partial charge is 0.178 e. The molecule has 0 fully saturated rings. The summed E-state index contributed by atoms with van der Waals surface area (Å²) < 4.78 is 0. The molecular weight excluding hydrogens is 158 g/mol. The molecule has 0 aliphatic carbocycles. The maximum Gasteiger partial charge on any atom is 0.178 e. The van der Waals surface area contributed by atoms with Gasteiger partial charge in [0.2, 0.25) is 0 Å². The zero-order chi connectivity index (χ0) is 8.32. The number of hydrogen-bond donors (Lipinski definition) is 3. The molecule has 1 rings (SSSR count). The summed E-state index contributed by atoms with van der Waals surface area (Å²) in [6.07, 6.45) is 0. The second-order valence-electron chi connectivity index (χ2n) is 2.51. The maximum atomic E-state index is 9.22. The molecule has 0 spiro atoms. The number of rotatable bonds is 2. The molecule has 0 heterocycles. The van der Waals surface area contributed by atoms with E-state index in [9.17, 15) is 5.11 Å². The zero-order valence-electron chi connectivity index (χ0n) is 6.28. The van der Waals surface area contributed by atoms with E-state index < -0.39 is 5.06 Å². The summed E-state index contributed by atoms with van der Waals surface area (Å²) in [6.45, 7) is 1.57. The first-order valence-corrected chi connectivity index (χ1v) is 3.81. The molecule has 1 aromatic carbocycles. The molecule has 11 heavy (non-hydrogen) atoms. The lowest BCUT2D eigenvalue weighted by Crippen LogP contribution is -2.26. The first-order valence-electron chi connectivity index (χ1n) is 3.36. The lowest BCUT2D eigenvalue weighted by molar-refractivity contribution is 0.191. The van der Waals surface area contributed by atoms with Crippen molar-refractivity contribution in [2.75, 3.05) is 5.32 Å². The molecule has 0 saturated carbocycles. The molecular formula is C8H11NOS. The van der Waals surface area contributed by atoms with Crippen molar-refractivity contribution in [3.05, 3.63) is 30.3 Å². The van der Waals surface area contributed by atoms with E-state index in [4.69, 9.17) is 0 Å². The molecule has 0 amide bonds. The van der Waals surface area contributed by atoms with Crippen LogP contribution in [-0.2, 0) is 0 Å². The van der Waals surface area contributed by atoms with E-state index in [1.165, 1.54) is 0 Å². The Morgan fingerprint density at radius 3 is 2.36 bits per heavy atom. The number of thiol groups is 1. The van der Waals surface area contributed by atoms with E-state index >= 15 is 0 Å². The molecule has 2 nitrogen and oxygen atoms in total. The Labute approximate surface area is 71.7 Å². The zero-order valence-corrected chi connectivity index (χ0v) is 7.18. The van der Waals surface area contributed by atoms with Crippen LogP contribution in [-0.4, -0.2) is 10.2 Å². The average Bonchev–Trinajstić information content (AvgIpc) is 1.85. The van der Waals surface area contributed by atoms with Gasteiger partial charge in [0.25, 0.3) is 0 Å². The van der Waals surface area contributed by atoms with E-state index in [0.717, 1.165) is 5.69 Å². The fourth-order valence-electron chi connectivity index (χ4n) is 0.795. The van der Waals surface area contributed by atoms with Gasteiger partial charge in [0.15, 0.2) is 5.06 Å². The topological polar surface area (TPSA) is 32.3 Å². The van der Waals surface area contributed by atoms with E-state index in [1.807, 2.05) is 30.3 Å². The lowest BCUT2D eigenvalue weighted by atomic mass is 10.3. The van der Waals surface area contributed by atoms with Gasteiger partial charge in [-0.25, -0.2) is 0 Å². The largest absolute Gasteiger partial charge is 0.363 e. The quantitative estimate of drug-likeness (QED) is 0.465. The second kappa shape index (κ2) is 3.15. The van der Waals surface area contributed by atoms with Crippen LogP contribution in [0.15, 0.2) is 30.3 Å². The van der Waals surface area contributed by atoms with Crippen molar-refractivity contribution >= 4 is 18.3 Å². The van der Waals surface area contributed by atoms with Crippen molar-refractivity contribution in [2.45, 2.75) is 12.0 Å². The summed E-state index contributed by atoms with van der Waals surface area (Å²) in [4.78, 5) is 0. The van der Waals surface area contributed by atoms with Gasteiger partial charge in [0, 0.05) is 5.69 Å². The highest BCUT2D eigenvalue weighted by Crippen LogP contribution is 2.14. The van der Waals surface area contributed by atoms with Gasteiger partial charge >= 0.3 is 0 Å². The fraction of sp³-hybridized carbons (Fsp3) is 0.250. The van der Waals surface area contributed by atoms with Gasteiger partial charge in [-0.1, -0.05) is 18.2 Å². The van der Waals surface area contributed by atoms with Gasteiger partial charge in [-0.05, 0) is 19.1 Å². The molecule has 3 heteroatoms. The Balaban J connectivity index is 2.66. The highest BCUT2D eigenvalue weighted by atomic mass is 32.1. The van der Waals surface area contributed by atoms with Crippen LogP contribution in [0.1, 0.15) is 6.92 Å². The van der Waals surface area contributed by atoms with Gasteiger partial charge in [-0.2, -0.15) is 0 Å². The molecule has 60 valence electrons. The third-order valence-electron chi connectivity index (χ3n) is 1.15. The minimum Gasteiger partial charge on any atom is -0.363 e. The fourth-order valence-corrected chi connectivity index (χ4v) is 0.924. The number of anilines is 1. The Morgan fingerprint density at radius 1 is 1.36 bits per heavy atom. The van der Waals surface area contributed by atoms with Gasteiger partial charge in [-0.3, -0.25) is 0 Å². The number of aliphatic hydroxyl groups is 1. The summed E-state index contributed by atoms with van der Waals surface area (Å²) in [5.74, 6) is 0. The molecule has 1 unspecified atom stereocenters. The molecule has 2 N–H and O–H groups in total. The summed E-state index contributed by atoms with van der Waals surface area (Å²) in [5, 5.41) is 10.9. The number of hydrogen-bond acceptors (Lipinski definition) is 3. The molecule has 0 aromatic heterocycles.